The van der Waals surface area contributed by atoms with Crippen LogP contribution in [0.5, 0.6) is 5.75 Å². The summed E-state index contributed by atoms with van der Waals surface area (Å²) in [5.74, 6) is -0.833. The third-order valence-corrected chi connectivity index (χ3v) is 6.97. The fraction of sp³-hybridized carbons (Fsp3) is 0.719. The summed E-state index contributed by atoms with van der Waals surface area (Å²) in [6, 6.07) is 7.38. The lowest BCUT2D eigenvalue weighted by Gasteiger charge is -2.20. The molecular formula is C32H53NO6. The molecule has 0 atom stereocenters. The number of unbranched alkanes of at least 4 members (excludes halogenated alkanes) is 15. The van der Waals surface area contributed by atoms with Crippen LogP contribution in [-0.2, 0) is 30.3 Å². The first-order valence-electron chi connectivity index (χ1n) is 15.1. The van der Waals surface area contributed by atoms with Gasteiger partial charge in [-0.3, -0.25) is 14.4 Å². The Morgan fingerprint density at radius 3 is 1.59 bits per heavy atom. The minimum Gasteiger partial charge on any atom is -0.494 e. The summed E-state index contributed by atoms with van der Waals surface area (Å²) in [5, 5.41) is 0. The number of carbonyl (C=O) groups is 3. The van der Waals surface area contributed by atoms with Gasteiger partial charge in [0.25, 0.3) is 0 Å². The van der Waals surface area contributed by atoms with Crippen LogP contribution in [0.25, 0.3) is 0 Å². The molecule has 0 radical (unpaired) electrons. The van der Waals surface area contributed by atoms with Crippen molar-refractivity contribution in [1.82, 2.24) is 4.90 Å². The third-order valence-electron chi connectivity index (χ3n) is 6.97. The van der Waals surface area contributed by atoms with E-state index in [1.54, 1.807) is 0 Å². The largest absolute Gasteiger partial charge is 0.494 e. The standard InChI is InChI=1S/C32H53NO6/c1-4-5-6-7-8-9-10-11-12-13-14-15-16-17-18-19-23-39-29-22-20-21-28(24-29)25-30(34)33(26-31(35)37-2)27-32(36)38-3/h20-22,24H,4-19,23,25-27H2,1-3H3. The molecule has 0 saturated heterocycles. The summed E-state index contributed by atoms with van der Waals surface area (Å²) >= 11 is 0. The van der Waals surface area contributed by atoms with Crippen LogP contribution in [0.1, 0.15) is 115 Å². The highest BCUT2D eigenvalue weighted by Crippen LogP contribution is 2.17. The van der Waals surface area contributed by atoms with Gasteiger partial charge >= 0.3 is 11.9 Å². The van der Waals surface area contributed by atoms with Gasteiger partial charge in [-0.15, -0.1) is 0 Å². The van der Waals surface area contributed by atoms with Crippen molar-refractivity contribution in [2.75, 3.05) is 33.9 Å². The lowest BCUT2D eigenvalue weighted by atomic mass is 10.0. The summed E-state index contributed by atoms with van der Waals surface area (Å²) in [5.41, 5.74) is 0.754. The normalized spacial score (nSPS) is 10.7. The first kappa shape index (κ1) is 34.5. The maximum atomic E-state index is 12.7. The van der Waals surface area contributed by atoms with E-state index in [-0.39, 0.29) is 25.4 Å². The van der Waals surface area contributed by atoms with Crippen LogP contribution in [-0.4, -0.2) is 56.7 Å². The molecule has 0 bridgehead atoms. The van der Waals surface area contributed by atoms with Gasteiger partial charge in [-0.05, 0) is 24.1 Å². The summed E-state index contributed by atoms with van der Waals surface area (Å²) < 4.78 is 15.2. The van der Waals surface area contributed by atoms with Crippen LogP contribution in [0.4, 0.5) is 0 Å². The molecule has 0 aliphatic carbocycles. The predicted octanol–water partition coefficient (Wildman–Crippen LogP) is 7.04. The van der Waals surface area contributed by atoms with Crippen LogP contribution in [0.2, 0.25) is 0 Å². The SMILES string of the molecule is CCCCCCCCCCCCCCCCCCOc1cccc(CC(=O)N(CC(=O)OC)CC(=O)OC)c1. The van der Waals surface area contributed by atoms with Crippen molar-refractivity contribution in [2.45, 2.75) is 116 Å². The molecular weight excluding hydrogens is 494 g/mol. The van der Waals surface area contributed by atoms with E-state index in [1.807, 2.05) is 24.3 Å². The molecule has 1 rings (SSSR count). The van der Waals surface area contributed by atoms with Crippen molar-refractivity contribution in [3.63, 3.8) is 0 Å². The van der Waals surface area contributed by atoms with Gasteiger partial charge in [0.15, 0.2) is 0 Å². The van der Waals surface area contributed by atoms with Crippen LogP contribution in [0, 0.1) is 0 Å². The number of nitrogens with zero attached hydrogens (tertiary/aromatic N) is 1. The van der Waals surface area contributed by atoms with Gasteiger partial charge in [-0.2, -0.15) is 0 Å². The molecule has 0 heterocycles. The van der Waals surface area contributed by atoms with E-state index in [0.717, 1.165) is 23.3 Å². The Labute approximate surface area is 237 Å². The second-order valence-corrected chi connectivity index (χ2v) is 10.4. The minimum atomic E-state index is -0.594. The zero-order valence-electron chi connectivity index (χ0n) is 24.8. The average Bonchev–Trinajstić information content (AvgIpc) is 2.94. The number of benzene rings is 1. The topological polar surface area (TPSA) is 82.1 Å². The Hall–Kier alpha value is -2.57. The zero-order chi connectivity index (χ0) is 28.6. The average molecular weight is 548 g/mol. The van der Waals surface area contributed by atoms with E-state index in [1.165, 1.54) is 104 Å². The minimum absolute atomic E-state index is 0.0459. The summed E-state index contributed by atoms with van der Waals surface area (Å²) in [4.78, 5) is 37.2. The van der Waals surface area contributed by atoms with Gasteiger partial charge in [-0.25, -0.2) is 0 Å². The number of amides is 1. The molecule has 0 aromatic heterocycles. The Kier molecular flexibility index (Phi) is 20.6. The molecule has 1 amide bonds. The molecule has 1 aromatic carbocycles. The van der Waals surface area contributed by atoms with E-state index < -0.39 is 11.9 Å². The summed E-state index contributed by atoms with van der Waals surface area (Å²) in [7, 11) is 2.48. The molecule has 0 N–H and O–H groups in total. The number of rotatable bonds is 24. The second-order valence-electron chi connectivity index (χ2n) is 10.4. The number of hydrogen-bond acceptors (Lipinski definition) is 6. The highest BCUT2D eigenvalue weighted by atomic mass is 16.5. The van der Waals surface area contributed by atoms with E-state index in [4.69, 9.17) is 4.74 Å². The quantitative estimate of drug-likeness (QED) is 0.102. The molecule has 222 valence electrons. The number of esters is 2. The number of methoxy groups -OCH3 is 2. The Morgan fingerprint density at radius 1 is 0.667 bits per heavy atom. The number of carbonyl (C=O) groups excluding carboxylic acids is 3. The van der Waals surface area contributed by atoms with Gasteiger partial charge in [0, 0.05) is 0 Å². The lowest BCUT2D eigenvalue weighted by Crippen LogP contribution is -2.41. The van der Waals surface area contributed by atoms with Crippen molar-refractivity contribution < 1.29 is 28.6 Å². The maximum Gasteiger partial charge on any atom is 0.325 e. The molecule has 0 aliphatic rings. The lowest BCUT2D eigenvalue weighted by molar-refractivity contribution is -0.151. The first-order valence-corrected chi connectivity index (χ1v) is 15.1. The van der Waals surface area contributed by atoms with Crippen LogP contribution < -0.4 is 4.74 Å². The highest BCUT2D eigenvalue weighted by Gasteiger charge is 2.21. The number of ether oxygens (including phenoxy) is 3. The monoisotopic (exact) mass is 547 g/mol. The number of hydrogen-bond donors (Lipinski definition) is 0. The second kappa shape index (κ2) is 23.3. The first-order chi connectivity index (χ1) is 19.0. The van der Waals surface area contributed by atoms with Crippen molar-refractivity contribution in [1.29, 1.82) is 0 Å². The molecule has 39 heavy (non-hydrogen) atoms. The van der Waals surface area contributed by atoms with E-state index >= 15 is 0 Å². The van der Waals surface area contributed by atoms with Crippen molar-refractivity contribution in [2.24, 2.45) is 0 Å². The Morgan fingerprint density at radius 2 is 1.13 bits per heavy atom. The van der Waals surface area contributed by atoms with Gasteiger partial charge in [0.2, 0.25) is 5.91 Å². The van der Waals surface area contributed by atoms with Crippen LogP contribution >= 0.6 is 0 Å². The van der Waals surface area contributed by atoms with Crippen molar-refractivity contribution in [3.8, 4) is 5.75 Å². The smallest absolute Gasteiger partial charge is 0.325 e. The molecule has 7 nitrogen and oxygen atoms in total. The van der Waals surface area contributed by atoms with Gasteiger partial charge < -0.3 is 19.1 Å². The van der Waals surface area contributed by atoms with Crippen LogP contribution in [0.3, 0.4) is 0 Å². The van der Waals surface area contributed by atoms with Gasteiger partial charge in [-0.1, -0.05) is 115 Å². The Bertz CT molecular complexity index is 779. The van der Waals surface area contributed by atoms with E-state index in [9.17, 15) is 14.4 Å². The predicted molar refractivity (Wildman–Crippen MR) is 156 cm³/mol. The Balaban J connectivity index is 2.15. The van der Waals surface area contributed by atoms with Gasteiger partial charge in [0.1, 0.15) is 18.8 Å². The maximum absolute atomic E-state index is 12.7. The molecule has 0 aliphatic heterocycles. The highest BCUT2D eigenvalue weighted by molar-refractivity contribution is 5.87. The fourth-order valence-corrected chi connectivity index (χ4v) is 4.54. The molecule has 0 spiro atoms. The fourth-order valence-electron chi connectivity index (χ4n) is 4.54. The third kappa shape index (κ3) is 18.4. The summed E-state index contributed by atoms with van der Waals surface area (Å²) in [6.45, 7) is 2.31. The van der Waals surface area contributed by atoms with Crippen molar-refractivity contribution >= 4 is 17.8 Å². The zero-order valence-corrected chi connectivity index (χ0v) is 24.8. The van der Waals surface area contributed by atoms with Crippen molar-refractivity contribution in [3.05, 3.63) is 29.8 Å². The van der Waals surface area contributed by atoms with E-state index in [0.29, 0.717) is 12.4 Å². The summed E-state index contributed by atoms with van der Waals surface area (Å²) in [6.07, 6.45) is 21.4. The van der Waals surface area contributed by atoms with E-state index in [2.05, 4.69) is 16.4 Å². The molecule has 0 saturated carbocycles. The molecule has 1 aromatic rings. The van der Waals surface area contributed by atoms with Gasteiger partial charge in [0.05, 0.1) is 27.2 Å². The molecule has 0 unspecified atom stereocenters. The molecule has 7 heteroatoms. The molecule has 0 fully saturated rings. The van der Waals surface area contributed by atoms with Crippen LogP contribution in [0.15, 0.2) is 24.3 Å².